The zero-order chi connectivity index (χ0) is 19.2. The van der Waals surface area contributed by atoms with Crippen molar-refractivity contribution >= 4 is 18.1 Å². The van der Waals surface area contributed by atoms with Gasteiger partial charge in [-0.25, -0.2) is 9.18 Å². The summed E-state index contributed by atoms with van der Waals surface area (Å²) in [5.41, 5.74) is 3.82. The van der Waals surface area contributed by atoms with Crippen LogP contribution in [0.15, 0.2) is 66.7 Å². The number of carboxylic acid groups (broad SMARTS) is 1. The van der Waals surface area contributed by atoms with E-state index in [9.17, 15) is 14.3 Å². The average Bonchev–Trinajstić information content (AvgIpc) is 2.67. The molecule has 0 aliphatic rings. The number of aryl methyl sites for hydroxylation is 1. The van der Waals surface area contributed by atoms with E-state index in [0.29, 0.717) is 17.9 Å². The summed E-state index contributed by atoms with van der Waals surface area (Å²) in [5, 5.41) is 9.36. The van der Waals surface area contributed by atoms with Gasteiger partial charge in [0.25, 0.3) is 0 Å². The number of rotatable bonds is 6. The van der Waals surface area contributed by atoms with Crippen molar-refractivity contribution in [3.63, 3.8) is 0 Å². The first-order valence-electron chi connectivity index (χ1n) is 8.50. The second kappa shape index (κ2) is 8.32. The minimum absolute atomic E-state index is 0.149. The molecule has 0 saturated carbocycles. The van der Waals surface area contributed by atoms with Crippen molar-refractivity contribution in [2.45, 2.75) is 13.5 Å². The van der Waals surface area contributed by atoms with Crippen LogP contribution in [-0.4, -0.2) is 11.1 Å². The summed E-state index contributed by atoms with van der Waals surface area (Å²) in [7, 11) is 0. The molecule has 0 aromatic heterocycles. The molecule has 136 valence electrons. The minimum Gasteiger partial charge on any atom is -0.489 e. The fourth-order valence-corrected chi connectivity index (χ4v) is 2.62. The van der Waals surface area contributed by atoms with E-state index >= 15 is 0 Å². The number of aromatic carboxylic acids is 1. The van der Waals surface area contributed by atoms with Crippen molar-refractivity contribution in [3.8, 4) is 5.75 Å². The minimum atomic E-state index is -1.02. The monoisotopic (exact) mass is 362 g/mol. The maximum atomic E-state index is 13.0. The zero-order valence-electron chi connectivity index (χ0n) is 14.9. The van der Waals surface area contributed by atoms with Crippen LogP contribution in [0, 0.1) is 12.7 Å². The van der Waals surface area contributed by atoms with Crippen LogP contribution in [0.25, 0.3) is 12.2 Å². The lowest BCUT2D eigenvalue weighted by atomic mass is 10.1. The summed E-state index contributed by atoms with van der Waals surface area (Å²) in [4.78, 5) is 11.4. The second-order valence-electron chi connectivity index (χ2n) is 6.20. The van der Waals surface area contributed by atoms with Gasteiger partial charge in [-0.2, -0.15) is 0 Å². The lowest BCUT2D eigenvalue weighted by Crippen LogP contribution is -2.01. The Hall–Kier alpha value is -3.40. The van der Waals surface area contributed by atoms with Gasteiger partial charge in [0, 0.05) is 0 Å². The van der Waals surface area contributed by atoms with E-state index in [1.807, 2.05) is 31.2 Å². The Morgan fingerprint density at radius 2 is 1.70 bits per heavy atom. The second-order valence-corrected chi connectivity index (χ2v) is 6.20. The highest BCUT2D eigenvalue weighted by Gasteiger charge is 2.08. The third-order valence-corrected chi connectivity index (χ3v) is 4.17. The van der Waals surface area contributed by atoms with Crippen molar-refractivity contribution < 1.29 is 19.0 Å². The molecule has 3 aromatic rings. The maximum absolute atomic E-state index is 13.0. The molecule has 3 aromatic carbocycles. The van der Waals surface area contributed by atoms with Crippen LogP contribution in [0.5, 0.6) is 5.75 Å². The number of benzene rings is 3. The SMILES string of the molecule is Cc1ccccc1COc1cc(/C=C/c2ccc(F)cc2)cc(C(=O)O)c1. The van der Waals surface area contributed by atoms with Crippen molar-refractivity contribution in [3.05, 3.63) is 100 Å². The number of ether oxygens (including phenoxy) is 1. The molecule has 0 spiro atoms. The van der Waals surface area contributed by atoms with Gasteiger partial charge in [0.05, 0.1) is 5.56 Å². The molecular weight excluding hydrogens is 343 g/mol. The summed E-state index contributed by atoms with van der Waals surface area (Å²) in [6.07, 6.45) is 3.58. The molecule has 1 N–H and O–H groups in total. The Morgan fingerprint density at radius 1 is 1.00 bits per heavy atom. The first kappa shape index (κ1) is 18.4. The molecule has 27 heavy (non-hydrogen) atoms. The molecule has 0 fully saturated rings. The smallest absolute Gasteiger partial charge is 0.335 e. The molecule has 0 heterocycles. The molecule has 3 nitrogen and oxygen atoms in total. The molecule has 0 unspecified atom stereocenters. The molecule has 0 aliphatic heterocycles. The van der Waals surface area contributed by atoms with Crippen LogP contribution < -0.4 is 4.74 Å². The highest BCUT2D eigenvalue weighted by molar-refractivity contribution is 5.89. The molecule has 0 saturated heterocycles. The molecule has 0 atom stereocenters. The van der Waals surface area contributed by atoms with E-state index in [1.165, 1.54) is 18.2 Å². The van der Waals surface area contributed by atoms with E-state index < -0.39 is 5.97 Å². The number of hydrogen-bond acceptors (Lipinski definition) is 2. The molecule has 0 aliphatic carbocycles. The topological polar surface area (TPSA) is 46.5 Å². The third kappa shape index (κ3) is 5.05. The number of carboxylic acids is 1. The molecular formula is C23H19FO3. The average molecular weight is 362 g/mol. The first-order chi connectivity index (χ1) is 13.0. The summed E-state index contributed by atoms with van der Waals surface area (Å²) < 4.78 is 18.8. The van der Waals surface area contributed by atoms with Gasteiger partial charge in [-0.05, 0) is 59.5 Å². The number of hydrogen-bond donors (Lipinski definition) is 1. The first-order valence-corrected chi connectivity index (χ1v) is 8.50. The normalized spacial score (nSPS) is 10.9. The van der Waals surface area contributed by atoms with Gasteiger partial charge < -0.3 is 9.84 Å². The lowest BCUT2D eigenvalue weighted by molar-refractivity contribution is 0.0696. The van der Waals surface area contributed by atoms with Crippen LogP contribution in [-0.2, 0) is 6.61 Å². The van der Waals surface area contributed by atoms with Gasteiger partial charge >= 0.3 is 5.97 Å². The quantitative estimate of drug-likeness (QED) is 0.582. The van der Waals surface area contributed by atoms with Crippen LogP contribution >= 0.6 is 0 Å². The van der Waals surface area contributed by atoms with Gasteiger partial charge in [0.15, 0.2) is 0 Å². The fraction of sp³-hybridized carbons (Fsp3) is 0.0870. The molecule has 0 radical (unpaired) electrons. The van der Waals surface area contributed by atoms with Gasteiger partial charge in [-0.3, -0.25) is 0 Å². The van der Waals surface area contributed by atoms with E-state index in [0.717, 1.165) is 16.7 Å². The van der Waals surface area contributed by atoms with Gasteiger partial charge in [0.2, 0.25) is 0 Å². The summed E-state index contributed by atoms with van der Waals surface area (Å²) >= 11 is 0. The Kier molecular flexibility index (Phi) is 5.67. The van der Waals surface area contributed by atoms with E-state index in [2.05, 4.69) is 0 Å². The highest BCUT2D eigenvalue weighted by atomic mass is 19.1. The Labute approximate surface area is 157 Å². The molecule has 0 amide bonds. The van der Waals surface area contributed by atoms with Crippen LogP contribution in [0.2, 0.25) is 0 Å². The summed E-state index contributed by atoms with van der Waals surface area (Å²) in [6, 6.07) is 18.8. The molecule has 3 rings (SSSR count). The van der Waals surface area contributed by atoms with Gasteiger partial charge in [-0.1, -0.05) is 48.6 Å². The summed E-state index contributed by atoms with van der Waals surface area (Å²) in [5.74, 6) is -0.836. The van der Waals surface area contributed by atoms with Crippen molar-refractivity contribution in [1.29, 1.82) is 0 Å². The van der Waals surface area contributed by atoms with Crippen LogP contribution in [0.3, 0.4) is 0 Å². The molecule has 0 bridgehead atoms. The predicted octanol–water partition coefficient (Wildman–Crippen LogP) is 5.58. The Morgan fingerprint density at radius 3 is 2.41 bits per heavy atom. The van der Waals surface area contributed by atoms with Crippen molar-refractivity contribution in [1.82, 2.24) is 0 Å². The predicted molar refractivity (Wildman–Crippen MR) is 104 cm³/mol. The van der Waals surface area contributed by atoms with E-state index in [4.69, 9.17) is 4.74 Å². The van der Waals surface area contributed by atoms with Crippen LogP contribution in [0.1, 0.15) is 32.6 Å². The summed E-state index contributed by atoms with van der Waals surface area (Å²) in [6.45, 7) is 2.36. The van der Waals surface area contributed by atoms with Gasteiger partial charge in [-0.15, -0.1) is 0 Å². The number of carbonyl (C=O) groups is 1. The Balaban J connectivity index is 1.83. The van der Waals surface area contributed by atoms with Crippen molar-refractivity contribution in [2.24, 2.45) is 0 Å². The molecule has 4 heteroatoms. The standard InChI is InChI=1S/C23H19FO3/c1-16-4-2-3-5-19(16)15-27-22-13-18(12-20(14-22)23(25)26)7-6-17-8-10-21(24)11-9-17/h2-14H,15H2,1H3,(H,25,26)/b7-6+. The maximum Gasteiger partial charge on any atom is 0.335 e. The fourth-order valence-electron chi connectivity index (χ4n) is 2.62. The van der Waals surface area contributed by atoms with Crippen LogP contribution in [0.4, 0.5) is 4.39 Å². The third-order valence-electron chi connectivity index (χ3n) is 4.17. The van der Waals surface area contributed by atoms with E-state index in [1.54, 1.807) is 36.4 Å². The Bertz CT molecular complexity index is 975. The highest BCUT2D eigenvalue weighted by Crippen LogP contribution is 2.21. The number of halogens is 1. The lowest BCUT2D eigenvalue weighted by Gasteiger charge is -2.10. The van der Waals surface area contributed by atoms with Gasteiger partial charge in [0.1, 0.15) is 18.2 Å². The largest absolute Gasteiger partial charge is 0.489 e. The van der Waals surface area contributed by atoms with Crippen molar-refractivity contribution in [2.75, 3.05) is 0 Å². The zero-order valence-corrected chi connectivity index (χ0v) is 14.9. The van der Waals surface area contributed by atoms with E-state index in [-0.39, 0.29) is 11.4 Å².